The molecule has 1 atom stereocenters. The number of rotatable bonds is 4. The summed E-state index contributed by atoms with van der Waals surface area (Å²) in [6.07, 6.45) is 0.728. The van der Waals surface area contributed by atoms with Crippen molar-refractivity contribution in [2.75, 3.05) is 0 Å². The van der Waals surface area contributed by atoms with E-state index in [-0.39, 0.29) is 12.8 Å². The van der Waals surface area contributed by atoms with Gasteiger partial charge in [0.25, 0.3) is 0 Å². The standard InChI is InChI=1S/C6H9N3O3/c7-5(6(11)12)2-1-4(10)3-9-8/h3,5H,1-2,7H2,(H-,10,11,12). The average molecular weight is 171 g/mol. The summed E-state index contributed by atoms with van der Waals surface area (Å²) >= 11 is 0. The summed E-state index contributed by atoms with van der Waals surface area (Å²) in [5.74, 6) is -1.60. The van der Waals surface area contributed by atoms with Crippen molar-refractivity contribution in [1.29, 1.82) is 5.39 Å². The average Bonchev–Trinajstić information content (AvgIpc) is 2.00. The second kappa shape index (κ2) is 5.09. The molecule has 6 heteroatoms. The first-order valence-corrected chi connectivity index (χ1v) is 3.26. The largest absolute Gasteiger partial charge is 0.871 e. The van der Waals surface area contributed by atoms with Crippen molar-refractivity contribution in [2.24, 2.45) is 5.73 Å². The van der Waals surface area contributed by atoms with E-state index in [4.69, 9.17) is 16.2 Å². The van der Waals surface area contributed by atoms with Crippen LogP contribution in [0.1, 0.15) is 12.8 Å². The first-order valence-electron chi connectivity index (χ1n) is 3.26. The summed E-state index contributed by atoms with van der Waals surface area (Å²) in [5, 5.41) is 26.8. The molecule has 0 amide bonds. The van der Waals surface area contributed by atoms with E-state index in [0.717, 1.165) is 0 Å². The molecule has 0 fully saturated rings. The van der Waals surface area contributed by atoms with Crippen LogP contribution >= 0.6 is 0 Å². The molecule has 6 nitrogen and oxygen atoms in total. The van der Waals surface area contributed by atoms with E-state index in [9.17, 15) is 9.90 Å². The molecule has 12 heavy (non-hydrogen) atoms. The van der Waals surface area contributed by atoms with Crippen LogP contribution in [0.3, 0.4) is 0 Å². The van der Waals surface area contributed by atoms with Gasteiger partial charge in [-0.15, -0.1) is 0 Å². The summed E-state index contributed by atoms with van der Waals surface area (Å²) in [5.41, 5.74) is 5.10. The van der Waals surface area contributed by atoms with Gasteiger partial charge in [-0.3, -0.25) is 4.79 Å². The summed E-state index contributed by atoms with van der Waals surface area (Å²) in [4.78, 5) is 12.6. The fourth-order valence-electron chi connectivity index (χ4n) is 0.550. The van der Waals surface area contributed by atoms with Crippen LogP contribution in [0.25, 0.3) is 4.98 Å². The fraction of sp³-hybridized carbons (Fsp3) is 0.500. The zero-order valence-electron chi connectivity index (χ0n) is 6.30. The fourth-order valence-corrected chi connectivity index (χ4v) is 0.550. The number of aliphatic carboxylic acids is 1. The predicted molar refractivity (Wildman–Crippen MR) is 38.0 cm³/mol. The Bertz CT molecular complexity index is 231. The maximum absolute atomic E-state index is 10.6. The van der Waals surface area contributed by atoms with Gasteiger partial charge < -0.3 is 15.9 Å². The van der Waals surface area contributed by atoms with Gasteiger partial charge in [0.05, 0.1) is 0 Å². The van der Waals surface area contributed by atoms with Crippen molar-refractivity contribution in [2.45, 2.75) is 18.9 Å². The first-order chi connectivity index (χ1) is 5.57. The van der Waals surface area contributed by atoms with Gasteiger partial charge in [0, 0.05) is 0 Å². The second-order valence-corrected chi connectivity index (χ2v) is 2.19. The van der Waals surface area contributed by atoms with Gasteiger partial charge in [-0.2, -0.15) is 0 Å². The third-order valence-electron chi connectivity index (χ3n) is 1.22. The van der Waals surface area contributed by atoms with Crippen molar-refractivity contribution in [3.05, 3.63) is 16.9 Å². The lowest BCUT2D eigenvalue weighted by Crippen LogP contribution is -2.30. The number of hydrogen-bond donors (Lipinski definition) is 2. The number of nitrogens with two attached hydrogens (primary N) is 1. The van der Waals surface area contributed by atoms with Crippen LogP contribution in [0.15, 0.2) is 12.0 Å². The van der Waals surface area contributed by atoms with Gasteiger partial charge in [-0.05, 0) is 18.6 Å². The molecule has 0 aromatic carbocycles. The van der Waals surface area contributed by atoms with Gasteiger partial charge in [0.15, 0.2) is 4.98 Å². The van der Waals surface area contributed by atoms with Crippen LogP contribution in [0, 0.1) is 5.39 Å². The van der Waals surface area contributed by atoms with E-state index >= 15 is 0 Å². The molecular weight excluding hydrogens is 162 g/mol. The van der Waals surface area contributed by atoms with Gasteiger partial charge in [0.1, 0.15) is 6.04 Å². The Hall–Kier alpha value is -1.61. The number of hydrogen-bond acceptors (Lipinski definition) is 4. The molecule has 66 valence electrons. The van der Waals surface area contributed by atoms with Crippen LogP contribution < -0.4 is 10.8 Å². The predicted octanol–water partition coefficient (Wildman–Crippen LogP) is -0.767. The molecule has 0 rings (SSSR count). The molecular formula is C6H9N3O3. The maximum atomic E-state index is 10.6. The normalized spacial score (nSPS) is 13.5. The van der Waals surface area contributed by atoms with Crippen LogP contribution in [0.2, 0.25) is 0 Å². The van der Waals surface area contributed by atoms with Crippen LogP contribution in [0.4, 0.5) is 0 Å². The van der Waals surface area contributed by atoms with E-state index < -0.39 is 17.8 Å². The highest BCUT2D eigenvalue weighted by molar-refractivity contribution is 5.72. The lowest BCUT2D eigenvalue weighted by atomic mass is 10.1. The maximum Gasteiger partial charge on any atom is 0.338 e. The number of carbonyl (C=O) groups is 1. The van der Waals surface area contributed by atoms with Crippen LogP contribution in [-0.4, -0.2) is 17.1 Å². The Balaban J connectivity index is 3.78. The topological polar surface area (TPSA) is 115 Å². The van der Waals surface area contributed by atoms with E-state index in [1.54, 1.807) is 0 Å². The van der Waals surface area contributed by atoms with Gasteiger partial charge in [-0.25, -0.2) is 0 Å². The number of carboxylic acid groups (broad SMARTS) is 1. The Morgan fingerprint density at radius 2 is 2.42 bits per heavy atom. The number of allylic oxidation sites excluding steroid dienone is 1. The summed E-state index contributed by atoms with van der Waals surface area (Å²) in [7, 11) is 0. The first kappa shape index (κ1) is 10.4. The third-order valence-corrected chi connectivity index (χ3v) is 1.22. The molecule has 0 spiro atoms. The van der Waals surface area contributed by atoms with Crippen LogP contribution in [0.5, 0.6) is 0 Å². The minimum atomic E-state index is -1.15. The summed E-state index contributed by atoms with van der Waals surface area (Å²) < 4.78 is 0. The second-order valence-electron chi connectivity index (χ2n) is 2.19. The molecule has 1 unspecified atom stereocenters. The number of carboxylic acids is 1. The Kier molecular flexibility index (Phi) is 4.41. The minimum Gasteiger partial charge on any atom is -0.871 e. The van der Waals surface area contributed by atoms with Crippen molar-refractivity contribution < 1.29 is 15.0 Å². The van der Waals surface area contributed by atoms with Gasteiger partial charge in [0.2, 0.25) is 5.39 Å². The molecule has 0 radical (unpaired) electrons. The third kappa shape index (κ3) is 4.24. The molecule has 0 bridgehead atoms. The minimum absolute atomic E-state index is 0.0302. The van der Waals surface area contributed by atoms with E-state index in [0.29, 0.717) is 6.20 Å². The molecule has 0 aromatic rings. The monoisotopic (exact) mass is 171 g/mol. The molecule has 0 aliphatic heterocycles. The van der Waals surface area contributed by atoms with E-state index in [2.05, 4.69) is 4.98 Å². The smallest absolute Gasteiger partial charge is 0.338 e. The highest BCUT2D eigenvalue weighted by Crippen LogP contribution is 2.00. The highest BCUT2D eigenvalue weighted by Gasteiger charge is 2.10. The van der Waals surface area contributed by atoms with Crippen molar-refractivity contribution in [1.82, 2.24) is 0 Å². The lowest BCUT2D eigenvalue weighted by molar-refractivity contribution is -0.306. The van der Waals surface area contributed by atoms with Gasteiger partial charge >= 0.3 is 12.2 Å². The number of diazo groups is 1. The van der Waals surface area contributed by atoms with E-state index in [1.165, 1.54) is 0 Å². The molecule has 0 aromatic heterocycles. The molecule has 3 N–H and O–H groups in total. The van der Waals surface area contributed by atoms with Gasteiger partial charge in [-0.1, -0.05) is 0 Å². The highest BCUT2D eigenvalue weighted by atomic mass is 16.4. The SMILES string of the molecule is N#[N+]C=C([O-])CCC(N)C(=O)O. The molecule has 0 saturated heterocycles. The Labute approximate surface area is 68.9 Å². The summed E-state index contributed by atoms with van der Waals surface area (Å²) in [6, 6.07) is -1.04. The van der Waals surface area contributed by atoms with Crippen molar-refractivity contribution in [3.8, 4) is 0 Å². The zero-order valence-corrected chi connectivity index (χ0v) is 6.30. The summed E-state index contributed by atoms with van der Waals surface area (Å²) in [6.45, 7) is 0. The molecule has 0 heterocycles. The Morgan fingerprint density at radius 3 is 2.83 bits per heavy atom. The van der Waals surface area contributed by atoms with Crippen molar-refractivity contribution in [3.63, 3.8) is 0 Å². The van der Waals surface area contributed by atoms with Crippen LogP contribution in [-0.2, 0) is 4.79 Å². The number of nitrogens with zero attached hydrogens (tertiary/aromatic N) is 2. The molecule has 0 aliphatic rings. The van der Waals surface area contributed by atoms with Crippen molar-refractivity contribution >= 4 is 5.97 Å². The van der Waals surface area contributed by atoms with E-state index in [1.807, 2.05) is 0 Å². The zero-order chi connectivity index (χ0) is 9.56. The molecule has 0 aliphatic carbocycles. The lowest BCUT2D eigenvalue weighted by Gasteiger charge is -2.08. The quantitative estimate of drug-likeness (QED) is 0.426. The molecule has 0 saturated carbocycles. The Morgan fingerprint density at radius 1 is 1.83 bits per heavy atom.